The van der Waals surface area contributed by atoms with E-state index >= 15 is 0 Å². The van der Waals surface area contributed by atoms with Crippen molar-refractivity contribution in [1.82, 2.24) is 4.90 Å². The van der Waals surface area contributed by atoms with Crippen LogP contribution in [0.3, 0.4) is 0 Å². The smallest absolute Gasteiger partial charge is 0.411 e. The molecule has 0 saturated carbocycles. The third-order valence-corrected chi connectivity index (χ3v) is 5.17. The van der Waals surface area contributed by atoms with E-state index < -0.39 is 18.3 Å². The largest absolute Gasteiger partial charge is 0.437 e. The number of cyclic esters (lactones) is 1. The van der Waals surface area contributed by atoms with Gasteiger partial charge in [-0.2, -0.15) is 8.78 Å². The fraction of sp³-hybridized carbons (Fsp3) is 0.318. The van der Waals surface area contributed by atoms with Crippen LogP contribution in [-0.2, 0) is 10.3 Å². The number of benzene rings is 2. The highest BCUT2D eigenvalue weighted by Crippen LogP contribution is 2.40. The maximum atomic E-state index is 13.3. The van der Waals surface area contributed by atoms with E-state index in [-0.39, 0.29) is 17.6 Å². The van der Waals surface area contributed by atoms with Crippen LogP contribution < -0.4 is 4.74 Å². The molecule has 154 valence electrons. The van der Waals surface area contributed by atoms with Crippen molar-refractivity contribution in [2.24, 2.45) is 0 Å². The number of hydrogen-bond donors (Lipinski definition) is 0. The van der Waals surface area contributed by atoms with Gasteiger partial charge >= 0.3 is 12.7 Å². The Labute approximate surface area is 167 Å². The van der Waals surface area contributed by atoms with Crippen molar-refractivity contribution >= 4 is 6.09 Å². The molecule has 1 saturated heterocycles. The van der Waals surface area contributed by atoms with Crippen LogP contribution in [0.1, 0.15) is 36.9 Å². The number of alkyl halides is 2. The van der Waals surface area contributed by atoms with Gasteiger partial charge in [0.2, 0.25) is 0 Å². The van der Waals surface area contributed by atoms with Crippen LogP contribution in [0, 0.1) is 5.82 Å². The normalized spacial score (nSPS) is 20.3. The Morgan fingerprint density at radius 3 is 2.41 bits per heavy atom. The molecule has 0 aliphatic carbocycles. The minimum absolute atomic E-state index is 0.0541. The zero-order valence-corrected chi connectivity index (χ0v) is 16.0. The average Bonchev–Trinajstić information content (AvgIpc) is 2.68. The van der Waals surface area contributed by atoms with E-state index in [1.807, 2.05) is 6.92 Å². The second kappa shape index (κ2) is 8.59. The van der Waals surface area contributed by atoms with Crippen LogP contribution in [0.4, 0.5) is 18.0 Å². The summed E-state index contributed by atoms with van der Waals surface area (Å²) in [5.41, 5.74) is 0.590. The molecule has 1 amide bonds. The van der Waals surface area contributed by atoms with Crippen LogP contribution >= 0.6 is 0 Å². The maximum Gasteiger partial charge on any atom is 0.411 e. The van der Waals surface area contributed by atoms with Gasteiger partial charge in [0.25, 0.3) is 0 Å². The Hall–Kier alpha value is -2.96. The Morgan fingerprint density at radius 2 is 1.86 bits per heavy atom. The highest BCUT2D eigenvalue weighted by atomic mass is 19.3. The zero-order valence-electron chi connectivity index (χ0n) is 16.0. The monoisotopic (exact) mass is 405 g/mol. The minimum atomic E-state index is -2.89. The second-order valence-corrected chi connectivity index (χ2v) is 6.93. The third kappa shape index (κ3) is 4.55. The molecule has 0 radical (unpaired) electrons. The van der Waals surface area contributed by atoms with Gasteiger partial charge in [-0.15, -0.1) is 6.58 Å². The summed E-state index contributed by atoms with van der Waals surface area (Å²) in [6.07, 6.45) is 2.10. The summed E-state index contributed by atoms with van der Waals surface area (Å²) in [5.74, 6) is -0.308. The highest BCUT2D eigenvalue weighted by molar-refractivity contribution is 5.70. The van der Waals surface area contributed by atoms with Crippen LogP contribution in [-0.4, -0.2) is 24.1 Å². The molecule has 0 aromatic heterocycles. The van der Waals surface area contributed by atoms with Gasteiger partial charge in [-0.25, -0.2) is 9.18 Å². The lowest BCUT2D eigenvalue weighted by Gasteiger charge is -2.43. The van der Waals surface area contributed by atoms with E-state index in [0.29, 0.717) is 24.9 Å². The molecule has 2 unspecified atom stereocenters. The van der Waals surface area contributed by atoms with Gasteiger partial charge in [-0.05, 0) is 42.3 Å². The minimum Gasteiger partial charge on any atom is -0.437 e. The first kappa shape index (κ1) is 20.8. The lowest BCUT2D eigenvalue weighted by molar-refractivity contribution is -0.0588. The van der Waals surface area contributed by atoms with E-state index in [2.05, 4.69) is 11.3 Å². The zero-order chi connectivity index (χ0) is 21.0. The number of halogens is 3. The van der Waals surface area contributed by atoms with Gasteiger partial charge in [-0.1, -0.05) is 30.3 Å². The topological polar surface area (TPSA) is 38.8 Å². The molecule has 0 spiro atoms. The molecular formula is C22H22F3NO3. The van der Waals surface area contributed by atoms with Crippen molar-refractivity contribution in [1.29, 1.82) is 0 Å². The highest BCUT2D eigenvalue weighted by Gasteiger charge is 2.42. The molecule has 4 nitrogen and oxygen atoms in total. The van der Waals surface area contributed by atoms with Crippen LogP contribution in [0.2, 0.25) is 0 Å². The molecule has 0 N–H and O–H groups in total. The average molecular weight is 405 g/mol. The summed E-state index contributed by atoms with van der Waals surface area (Å²) in [7, 11) is 0. The fourth-order valence-electron chi connectivity index (χ4n) is 3.58. The predicted octanol–water partition coefficient (Wildman–Crippen LogP) is 5.80. The second-order valence-electron chi connectivity index (χ2n) is 6.93. The van der Waals surface area contributed by atoms with E-state index in [1.54, 1.807) is 35.2 Å². The summed E-state index contributed by atoms with van der Waals surface area (Å²) >= 11 is 0. The van der Waals surface area contributed by atoms with Gasteiger partial charge in [-0.3, -0.25) is 0 Å². The van der Waals surface area contributed by atoms with Crippen molar-refractivity contribution in [3.05, 3.63) is 78.1 Å². The van der Waals surface area contributed by atoms with Gasteiger partial charge in [0, 0.05) is 19.4 Å². The van der Waals surface area contributed by atoms with E-state index in [4.69, 9.17) is 4.74 Å². The molecular weight excluding hydrogens is 383 g/mol. The SMILES string of the molecule is C=CCC1(c2ccc(F)cc2)CCN(C(C)c2ccc(OC(F)F)cc2)C(=O)O1. The van der Waals surface area contributed by atoms with Crippen LogP contribution in [0.25, 0.3) is 0 Å². The van der Waals surface area contributed by atoms with Gasteiger partial charge in [0.05, 0.1) is 6.04 Å². The standard InChI is InChI=1S/C22H22F3NO3/c1-3-12-22(17-6-8-18(23)9-7-17)13-14-26(21(27)29-22)15(2)16-4-10-19(11-5-16)28-20(24)25/h3-11,15,20H,1,12-14H2,2H3. The van der Waals surface area contributed by atoms with E-state index in [1.165, 1.54) is 24.3 Å². The Morgan fingerprint density at radius 1 is 1.21 bits per heavy atom. The summed E-state index contributed by atoms with van der Waals surface area (Å²) in [5, 5.41) is 0. The van der Waals surface area contributed by atoms with E-state index in [9.17, 15) is 18.0 Å². The molecule has 2 atom stereocenters. The molecule has 1 fully saturated rings. The number of carbonyl (C=O) groups is 1. The molecule has 3 rings (SSSR count). The van der Waals surface area contributed by atoms with Gasteiger partial charge < -0.3 is 14.4 Å². The Bertz CT molecular complexity index is 855. The number of nitrogens with zero attached hydrogens (tertiary/aromatic N) is 1. The lowest BCUT2D eigenvalue weighted by Crippen LogP contribution is -2.48. The molecule has 0 bridgehead atoms. The predicted molar refractivity (Wildman–Crippen MR) is 102 cm³/mol. The number of ether oxygens (including phenoxy) is 2. The number of amides is 1. The van der Waals surface area contributed by atoms with Crippen LogP contribution in [0.5, 0.6) is 5.75 Å². The van der Waals surface area contributed by atoms with Crippen molar-refractivity contribution in [3.63, 3.8) is 0 Å². The molecule has 29 heavy (non-hydrogen) atoms. The van der Waals surface area contributed by atoms with Crippen molar-refractivity contribution < 1.29 is 27.4 Å². The number of rotatable bonds is 7. The van der Waals surface area contributed by atoms with Crippen molar-refractivity contribution in [2.75, 3.05) is 6.54 Å². The fourth-order valence-corrected chi connectivity index (χ4v) is 3.58. The third-order valence-electron chi connectivity index (χ3n) is 5.17. The molecule has 2 aromatic carbocycles. The Balaban J connectivity index is 1.76. The summed E-state index contributed by atoms with van der Waals surface area (Å²) in [6.45, 7) is 3.12. The van der Waals surface area contributed by atoms with Crippen LogP contribution in [0.15, 0.2) is 61.2 Å². The first-order chi connectivity index (χ1) is 13.8. The summed E-state index contributed by atoms with van der Waals surface area (Å²) < 4.78 is 48.1. The molecule has 1 heterocycles. The first-order valence-corrected chi connectivity index (χ1v) is 9.26. The molecule has 1 aliphatic heterocycles. The summed E-state index contributed by atoms with van der Waals surface area (Å²) in [6, 6.07) is 11.8. The maximum absolute atomic E-state index is 13.3. The molecule has 2 aromatic rings. The number of carbonyl (C=O) groups excluding carboxylic acids is 1. The molecule has 1 aliphatic rings. The van der Waals surface area contributed by atoms with E-state index in [0.717, 1.165) is 5.56 Å². The number of hydrogen-bond acceptors (Lipinski definition) is 3. The molecule has 7 heteroatoms. The lowest BCUT2D eigenvalue weighted by atomic mass is 9.85. The van der Waals surface area contributed by atoms with Gasteiger partial charge in [0.1, 0.15) is 17.2 Å². The first-order valence-electron chi connectivity index (χ1n) is 9.26. The van der Waals surface area contributed by atoms with Crippen molar-refractivity contribution in [3.8, 4) is 5.75 Å². The van der Waals surface area contributed by atoms with Crippen molar-refractivity contribution in [2.45, 2.75) is 38.0 Å². The van der Waals surface area contributed by atoms with Gasteiger partial charge in [0.15, 0.2) is 0 Å². The quantitative estimate of drug-likeness (QED) is 0.547. The summed E-state index contributed by atoms with van der Waals surface area (Å²) in [4.78, 5) is 14.4. The Kier molecular flexibility index (Phi) is 6.15.